The van der Waals surface area contributed by atoms with Gasteiger partial charge in [-0.05, 0) is 49.3 Å². The van der Waals surface area contributed by atoms with Gasteiger partial charge in [0.15, 0.2) is 0 Å². The molecule has 0 bridgehead atoms. The first-order valence-electron chi connectivity index (χ1n) is 9.43. The maximum absolute atomic E-state index is 12.8. The molecule has 2 fully saturated rings. The Balaban J connectivity index is 1.47. The predicted octanol–water partition coefficient (Wildman–Crippen LogP) is 3.12. The Morgan fingerprint density at radius 1 is 1.04 bits per heavy atom. The lowest BCUT2D eigenvalue weighted by molar-refractivity contribution is -0.135. The van der Waals surface area contributed by atoms with E-state index in [1.54, 1.807) is 19.0 Å². The summed E-state index contributed by atoms with van der Waals surface area (Å²) in [4.78, 5) is 30.3. The number of hydrogen-bond acceptors (Lipinski definition) is 2. The van der Waals surface area contributed by atoms with Crippen molar-refractivity contribution in [3.8, 4) is 0 Å². The first kappa shape index (κ1) is 19.0. The molecule has 0 aliphatic carbocycles. The van der Waals surface area contributed by atoms with E-state index in [0.717, 1.165) is 43.8 Å². The average Bonchev–Trinajstić information content (AvgIpc) is 3.11. The van der Waals surface area contributed by atoms with Crippen molar-refractivity contribution in [1.29, 1.82) is 0 Å². The number of benzene rings is 1. The highest BCUT2D eigenvalue weighted by Crippen LogP contribution is 2.26. The topological polar surface area (TPSA) is 43.9 Å². The van der Waals surface area contributed by atoms with Gasteiger partial charge in [0.2, 0.25) is 5.91 Å². The van der Waals surface area contributed by atoms with Gasteiger partial charge in [-0.2, -0.15) is 0 Å². The number of nitrogens with zero attached hydrogens (tertiary/aromatic N) is 3. The van der Waals surface area contributed by atoms with E-state index in [0.29, 0.717) is 19.0 Å². The molecule has 5 nitrogen and oxygen atoms in total. The molecule has 0 spiro atoms. The molecule has 1 aromatic carbocycles. The van der Waals surface area contributed by atoms with Gasteiger partial charge in [0, 0.05) is 51.2 Å². The summed E-state index contributed by atoms with van der Waals surface area (Å²) in [6, 6.07) is 8.05. The van der Waals surface area contributed by atoms with E-state index >= 15 is 0 Å². The summed E-state index contributed by atoms with van der Waals surface area (Å²) in [5.74, 6) is 0.867. The van der Waals surface area contributed by atoms with Crippen LogP contribution in [0.4, 0.5) is 4.79 Å². The van der Waals surface area contributed by atoms with Crippen LogP contribution in [0.15, 0.2) is 24.3 Å². The maximum Gasteiger partial charge on any atom is 0.319 e. The van der Waals surface area contributed by atoms with Crippen LogP contribution in [0.3, 0.4) is 0 Å². The summed E-state index contributed by atoms with van der Waals surface area (Å²) in [6.45, 7) is 3.05. The van der Waals surface area contributed by atoms with Crippen molar-refractivity contribution in [2.24, 2.45) is 11.8 Å². The number of urea groups is 1. The van der Waals surface area contributed by atoms with Crippen LogP contribution in [-0.2, 0) is 11.2 Å². The minimum Gasteiger partial charge on any atom is -0.342 e. The van der Waals surface area contributed by atoms with Gasteiger partial charge in [-0.25, -0.2) is 4.79 Å². The van der Waals surface area contributed by atoms with Crippen LogP contribution in [0, 0.1) is 11.8 Å². The quantitative estimate of drug-likeness (QED) is 0.812. The summed E-state index contributed by atoms with van der Waals surface area (Å²) >= 11 is 5.95. The van der Waals surface area contributed by atoms with Gasteiger partial charge >= 0.3 is 6.03 Å². The molecule has 0 N–H and O–H groups in total. The van der Waals surface area contributed by atoms with Gasteiger partial charge in [-0.3, -0.25) is 4.79 Å². The molecule has 0 aromatic heterocycles. The number of halogens is 1. The lowest BCUT2D eigenvalue weighted by Crippen LogP contribution is -2.47. The van der Waals surface area contributed by atoms with Crippen LogP contribution in [0.2, 0.25) is 5.02 Å². The molecule has 26 heavy (non-hydrogen) atoms. The predicted molar refractivity (Wildman–Crippen MR) is 103 cm³/mol. The molecule has 1 unspecified atom stereocenters. The van der Waals surface area contributed by atoms with Crippen molar-refractivity contribution in [1.82, 2.24) is 14.7 Å². The molecule has 3 rings (SSSR count). The first-order valence-corrected chi connectivity index (χ1v) is 9.81. The number of likely N-dealkylation sites (tertiary alicyclic amines) is 2. The molecule has 1 aromatic rings. The van der Waals surface area contributed by atoms with Crippen molar-refractivity contribution in [3.05, 3.63) is 34.9 Å². The molecule has 0 radical (unpaired) electrons. The standard InChI is InChI=1S/C20H28ClN3O2/c1-22(2)20(26)23-11-8-17(9-12-23)19(25)24-10-7-16(14-24)13-15-3-5-18(21)6-4-15/h3-6,16-17H,7-14H2,1-2H3. The van der Waals surface area contributed by atoms with E-state index in [4.69, 9.17) is 11.6 Å². The van der Waals surface area contributed by atoms with Gasteiger partial charge in [-0.15, -0.1) is 0 Å². The van der Waals surface area contributed by atoms with Gasteiger partial charge < -0.3 is 14.7 Å². The van der Waals surface area contributed by atoms with Crippen LogP contribution >= 0.6 is 11.6 Å². The molecule has 2 aliphatic heterocycles. The Hall–Kier alpha value is -1.75. The van der Waals surface area contributed by atoms with Crippen molar-refractivity contribution in [3.63, 3.8) is 0 Å². The molecule has 142 valence electrons. The Kier molecular flexibility index (Phi) is 6.07. The average molecular weight is 378 g/mol. The number of piperidine rings is 1. The van der Waals surface area contributed by atoms with E-state index < -0.39 is 0 Å². The highest BCUT2D eigenvalue weighted by molar-refractivity contribution is 6.30. The van der Waals surface area contributed by atoms with Crippen LogP contribution in [0.5, 0.6) is 0 Å². The third kappa shape index (κ3) is 4.50. The first-order chi connectivity index (χ1) is 12.4. The third-order valence-corrected chi connectivity index (χ3v) is 5.78. The fourth-order valence-corrected chi connectivity index (χ4v) is 4.14. The Morgan fingerprint density at radius 3 is 2.27 bits per heavy atom. The van der Waals surface area contributed by atoms with Gasteiger partial charge in [0.25, 0.3) is 0 Å². The van der Waals surface area contributed by atoms with E-state index in [1.807, 2.05) is 21.9 Å². The lowest BCUT2D eigenvalue weighted by atomic mass is 9.95. The minimum atomic E-state index is 0.0418. The van der Waals surface area contributed by atoms with Gasteiger partial charge in [-0.1, -0.05) is 23.7 Å². The van der Waals surface area contributed by atoms with E-state index in [-0.39, 0.29) is 17.9 Å². The van der Waals surface area contributed by atoms with Crippen LogP contribution < -0.4 is 0 Å². The number of hydrogen-bond donors (Lipinski definition) is 0. The van der Waals surface area contributed by atoms with E-state index in [2.05, 4.69) is 12.1 Å². The van der Waals surface area contributed by atoms with Crippen molar-refractivity contribution >= 4 is 23.5 Å². The molecule has 1 atom stereocenters. The van der Waals surface area contributed by atoms with Gasteiger partial charge in [0.1, 0.15) is 0 Å². The second-order valence-corrected chi connectivity index (χ2v) is 8.14. The van der Waals surface area contributed by atoms with E-state index in [1.165, 1.54) is 5.56 Å². The fraction of sp³-hybridized carbons (Fsp3) is 0.600. The molecule has 6 heteroatoms. The summed E-state index contributed by atoms with van der Waals surface area (Å²) < 4.78 is 0. The highest BCUT2D eigenvalue weighted by atomic mass is 35.5. The fourth-order valence-electron chi connectivity index (χ4n) is 4.01. The van der Waals surface area contributed by atoms with Crippen LogP contribution in [-0.4, -0.2) is 66.9 Å². The number of rotatable bonds is 3. The zero-order valence-electron chi connectivity index (χ0n) is 15.7. The van der Waals surface area contributed by atoms with Crippen molar-refractivity contribution in [2.75, 3.05) is 40.3 Å². The molecule has 2 saturated heterocycles. The normalized spacial score (nSPS) is 21.1. The van der Waals surface area contributed by atoms with Crippen LogP contribution in [0.25, 0.3) is 0 Å². The molecule has 0 saturated carbocycles. The highest BCUT2D eigenvalue weighted by Gasteiger charge is 2.33. The molecular weight excluding hydrogens is 350 g/mol. The second-order valence-electron chi connectivity index (χ2n) is 7.71. The third-order valence-electron chi connectivity index (χ3n) is 5.53. The van der Waals surface area contributed by atoms with Crippen molar-refractivity contribution < 1.29 is 9.59 Å². The minimum absolute atomic E-state index is 0.0418. The Morgan fingerprint density at radius 2 is 1.65 bits per heavy atom. The summed E-state index contributed by atoms with van der Waals surface area (Å²) in [5.41, 5.74) is 1.28. The number of amides is 3. The Labute approximate surface area is 160 Å². The van der Waals surface area contributed by atoms with E-state index in [9.17, 15) is 9.59 Å². The molecule has 2 heterocycles. The zero-order valence-corrected chi connectivity index (χ0v) is 16.4. The molecule has 3 amide bonds. The summed E-state index contributed by atoms with van der Waals surface area (Å²) in [6.07, 6.45) is 3.61. The largest absolute Gasteiger partial charge is 0.342 e. The zero-order chi connectivity index (χ0) is 18.7. The maximum atomic E-state index is 12.8. The van der Waals surface area contributed by atoms with Gasteiger partial charge in [0.05, 0.1) is 0 Å². The molecule has 2 aliphatic rings. The smallest absolute Gasteiger partial charge is 0.319 e. The monoisotopic (exact) mass is 377 g/mol. The number of carbonyl (C=O) groups is 2. The Bertz CT molecular complexity index is 639. The van der Waals surface area contributed by atoms with Crippen molar-refractivity contribution in [2.45, 2.75) is 25.7 Å². The van der Waals surface area contributed by atoms with Crippen LogP contribution in [0.1, 0.15) is 24.8 Å². The SMILES string of the molecule is CN(C)C(=O)N1CCC(C(=O)N2CCC(Cc3ccc(Cl)cc3)C2)CC1. The second kappa shape index (κ2) is 8.30. The summed E-state index contributed by atoms with van der Waals surface area (Å²) in [7, 11) is 3.54. The lowest BCUT2D eigenvalue weighted by Gasteiger charge is -2.34. The molecular formula is C20H28ClN3O2. The number of carbonyl (C=O) groups excluding carboxylic acids is 2. The summed E-state index contributed by atoms with van der Waals surface area (Å²) in [5, 5.41) is 0.760.